The topological polar surface area (TPSA) is 102 Å². The van der Waals surface area contributed by atoms with Gasteiger partial charge in [-0.2, -0.15) is 9.97 Å². The Kier molecular flexibility index (Phi) is 2.58. The maximum absolute atomic E-state index is 12.2. The van der Waals surface area contributed by atoms with Crippen molar-refractivity contribution in [2.24, 2.45) is 0 Å². The molecule has 0 fully saturated rings. The number of aryl methyl sites for hydroxylation is 1. The van der Waals surface area contributed by atoms with Crippen molar-refractivity contribution in [1.29, 1.82) is 0 Å². The molecule has 9 heteroatoms. The first-order valence-electron chi connectivity index (χ1n) is 6.52. The Bertz CT molecular complexity index is 969. The number of carbonyl (C=O) groups excluding carboxylic acids is 1. The van der Waals surface area contributed by atoms with Gasteiger partial charge in [-0.25, -0.2) is 14.0 Å². The third-order valence-electron chi connectivity index (χ3n) is 3.10. The average Bonchev–Trinajstić information content (AvgIpc) is 3.10. The highest BCUT2D eigenvalue weighted by atomic mass is 16.2. The van der Waals surface area contributed by atoms with E-state index < -0.39 is 5.91 Å². The number of pyridine rings is 1. The molecule has 0 aliphatic rings. The van der Waals surface area contributed by atoms with E-state index in [0.717, 1.165) is 5.69 Å². The van der Waals surface area contributed by atoms with Crippen LogP contribution >= 0.6 is 0 Å². The molecule has 22 heavy (non-hydrogen) atoms. The Labute approximate surface area is 123 Å². The van der Waals surface area contributed by atoms with Crippen LogP contribution in [0.1, 0.15) is 16.3 Å². The van der Waals surface area contributed by atoms with Crippen LogP contribution in [-0.4, -0.2) is 40.1 Å². The van der Waals surface area contributed by atoms with Crippen LogP contribution in [-0.2, 0) is 0 Å². The molecular weight excluding hydrogens is 284 g/mol. The Morgan fingerprint density at radius 2 is 2.09 bits per heavy atom. The van der Waals surface area contributed by atoms with Crippen molar-refractivity contribution in [2.45, 2.75) is 6.92 Å². The molecule has 0 radical (unpaired) electrons. The zero-order valence-corrected chi connectivity index (χ0v) is 11.5. The minimum Gasteiger partial charge on any atom is -0.286 e. The number of aromatic nitrogens is 7. The summed E-state index contributed by atoms with van der Waals surface area (Å²) in [6.07, 6.45) is 3.36. The molecule has 0 unspecified atom stereocenters. The molecule has 0 aliphatic carbocycles. The lowest BCUT2D eigenvalue weighted by molar-refractivity contribution is 0.101. The summed E-state index contributed by atoms with van der Waals surface area (Å²) in [5, 5.41) is 10.9. The quantitative estimate of drug-likeness (QED) is 0.584. The molecule has 0 saturated heterocycles. The highest BCUT2D eigenvalue weighted by Crippen LogP contribution is 2.07. The van der Waals surface area contributed by atoms with Crippen LogP contribution in [0.4, 0.5) is 5.95 Å². The Balaban J connectivity index is 1.66. The number of anilines is 1. The van der Waals surface area contributed by atoms with Crippen molar-refractivity contribution in [3.8, 4) is 0 Å². The summed E-state index contributed by atoms with van der Waals surface area (Å²) < 4.78 is 3.07. The van der Waals surface area contributed by atoms with Crippen LogP contribution in [0.15, 0.2) is 36.7 Å². The molecule has 0 spiro atoms. The molecule has 4 aromatic rings. The first kappa shape index (κ1) is 12.4. The van der Waals surface area contributed by atoms with Crippen LogP contribution in [0.2, 0.25) is 0 Å². The van der Waals surface area contributed by atoms with E-state index in [4.69, 9.17) is 0 Å². The lowest BCUT2D eigenvalue weighted by Crippen LogP contribution is -2.15. The maximum Gasteiger partial charge on any atom is 0.297 e. The third-order valence-corrected chi connectivity index (χ3v) is 3.10. The van der Waals surface area contributed by atoms with Crippen molar-refractivity contribution in [2.75, 3.05) is 5.32 Å². The van der Waals surface area contributed by atoms with Gasteiger partial charge < -0.3 is 0 Å². The fourth-order valence-corrected chi connectivity index (χ4v) is 2.04. The standard InChI is InChI=1S/C13H10N8O/c1-8-5-6-14-13-16-10(18-21(8)13)11(22)17-12-15-9-4-2-3-7-20(9)19-12/h2-7H,1H3,(H,17,19,22). The van der Waals surface area contributed by atoms with Gasteiger partial charge in [0, 0.05) is 18.1 Å². The fourth-order valence-electron chi connectivity index (χ4n) is 2.04. The van der Waals surface area contributed by atoms with Gasteiger partial charge in [-0.3, -0.25) is 10.1 Å². The Morgan fingerprint density at radius 1 is 1.18 bits per heavy atom. The average molecular weight is 294 g/mol. The molecule has 0 aliphatic heterocycles. The molecule has 1 N–H and O–H groups in total. The second-order valence-corrected chi connectivity index (χ2v) is 4.63. The Morgan fingerprint density at radius 3 is 2.91 bits per heavy atom. The van der Waals surface area contributed by atoms with Crippen molar-refractivity contribution in [3.63, 3.8) is 0 Å². The molecule has 0 aromatic carbocycles. The largest absolute Gasteiger partial charge is 0.297 e. The van der Waals surface area contributed by atoms with Gasteiger partial charge in [0.15, 0.2) is 5.65 Å². The zero-order valence-electron chi connectivity index (χ0n) is 11.5. The van der Waals surface area contributed by atoms with Gasteiger partial charge in [-0.05, 0) is 25.1 Å². The normalized spacial score (nSPS) is 11.1. The number of carbonyl (C=O) groups is 1. The minimum absolute atomic E-state index is 0.0145. The predicted molar refractivity (Wildman–Crippen MR) is 76.5 cm³/mol. The van der Waals surface area contributed by atoms with Crippen LogP contribution in [0.25, 0.3) is 11.4 Å². The SMILES string of the molecule is Cc1ccnc2nc(C(=O)Nc3nc4ccccn4n3)nn12. The fraction of sp³-hybridized carbons (Fsp3) is 0.0769. The van der Waals surface area contributed by atoms with Crippen molar-refractivity contribution >= 4 is 23.3 Å². The minimum atomic E-state index is -0.485. The number of rotatable bonds is 2. The van der Waals surface area contributed by atoms with E-state index in [1.165, 1.54) is 4.52 Å². The molecule has 1 amide bonds. The molecule has 4 rings (SSSR count). The van der Waals surface area contributed by atoms with Crippen molar-refractivity contribution < 1.29 is 4.79 Å². The number of hydrogen-bond donors (Lipinski definition) is 1. The van der Waals surface area contributed by atoms with Crippen LogP contribution in [0, 0.1) is 6.92 Å². The van der Waals surface area contributed by atoms with Gasteiger partial charge in [0.2, 0.25) is 11.8 Å². The van der Waals surface area contributed by atoms with Crippen LogP contribution in [0.5, 0.6) is 0 Å². The van der Waals surface area contributed by atoms with E-state index >= 15 is 0 Å². The molecule has 9 nitrogen and oxygen atoms in total. The van der Waals surface area contributed by atoms with Gasteiger partial charge in [-0.1, -0.05) is 6.07 Å². The van der Waals surface area contributed by atoms with Gasteiger partial charge in [0.25, 0.3) is 11.7 Å². The summed E-state index contributed by atoms with van der Waals surface area (Å²) in [6, 6.07) is 7.24. The van der Waals surface area contributed by atoms with Gasteiger partial charge in [0.1, 0.15) is 0 Å². The molecular formula is C13H10N8O. The van der Waals surface area contributed by atoms with E-state index in [0.29, 0.717) is 11.4 Å². The summed E-state index contributed by atoms with van der Waals surface area (Å²) in [7, 11) is 0. The zero-order chi connectivity index (χ0) is 15.1. The number of amides is 1. The molecule has 4 aromatic heterocycles. The maximum atomic E-state index is 12.2. The summed E-state index contributed by atoms with van der Waals surface area (Å²) in [6.45, 7) is 1.86. The van der Waals surface area contributed by atoms with E-state index in [-0.39, 0.29) is 11.8 Å². The molecule has 0 bridgehead atoms. The lowest BCUT2D eigenvalue weighted by atomic mass is 10.5. The predicted octanol–water partition coefficient (Wildman–Crippen LogP) is 0.728. The molecule has 0 saturated carbocycles. The molecule has 108 valence electrons. The summed E-state index contributed by atoms with van der Waals surface area (Å²) in [5.74, 6) is 0.0920. The van der Waals surface area contributed by atoms with Crippen LogP contribution in [0.3, 0.4) is 0 Å². The van der Waals surface area contributed by atoms with Crippen LogP contribution < -0.4 is 5.32 Å². The van der Waals surface area contributed by atoms with E-state index in [1.807, 2.05) is 19.1 Å². The second-order valence-electron chi connectivity index (χ2n) is 4.63. The summed E-state index contributed by atoms with van der Waals surface area (Å²) >= 11 is 0. The number of fused-ring (bicyclic) bond motifs is 2. The van der Waals surface area contributed by atoms with Gasteiger partial charge in [0.05, 0.1) is 0 Å². The number of nitrogens with zero attached hydrogens (tertiary/aromatic N) is 7. The number of hydrogen-bond acceptors (Lipinski definition) is 6. The van der Waals surface area contributed by atoms with Crippen molar-refractivity contribution in [3.05, 3.63) is 48.2 Å². The highest BCUT2D eigenvalue weighted by Gasteiger charge is 2.16. The molecule has 0 atom stereocenters. The first-order chi connectivity index (χ1) is 10.7. The molecule has 4 heterocycles. The van der Waals surface area contributed by atoms with E-state index in [1.54, 1.807) is 29.0 Å². The Hall–Kier alpha value is -3.36. The van der Waals surface area contributed by atoms with Gasteiger partial charge >= 0.3 is 0 Å². The first-order valence-corrected chi connectivity index (χ1v) is 6.52. The highest BCUT2D eigenvalue weighted by molar-refractivity contribution is 6.00. The van der Waals surface area contributed by atoms with Crippen molar-refractivity contribution in [1.82, 2.24) is 34.2 Å². The number of nitrogens with one attached hydrogen (secondary N) is 1. The summed E-state index contributed by atoms with van der Waals surface area (Å²) in [4.78, 5) is 24.5. The third kappa shape index (κ3) is 1.95. The smallest absolute Gasteiger partial charge is 0.286 e. The summed E-state index contributed by atoms with van der Waals surface area (Å²) in [5.41, 5.74) is 1.47. The monoisotopic (exact) mass is 294 g/mol. The lowest BCUT2D eigenvalue weighted by Gasteiger charge is -1.94. The van der Waals surface area contributed by atoms with E-state index in [9.17, 15) is 4.79 Å². The second kappa shape index (κ2) is 4.58. The van der Waals surface area contributed by atoms with Gasteiger partial charge in [-0.15, -0.1) is 10.2 Å². The van der Waals surface area contributed by atoms with E-state index in [2.05, 4.69) is 30.5 Å².